The van der Waals surface area contributed by atoms with E-state index in [4.69, 9.17) is 9.97 Å². The summed E-state index contributed by atoms with van der Waals surface area (Å²) in [7, 11) is 0. The molecule has 0 amide bonds. The smallest absolute Gasteiger partial charge is 0.235 e. The Morgan fingerprint density at radius 3 is 2.09 bits per heavy atom. The van der Waals surface area contributed by atoms with Gasteiger partial charge in [0.2, 0.25) is 5.95 Å². The topological polar surface area (TPSA) is 35.6 Å². The fraction of sp³-hybridized carbons (Fsp3) is 0.0732. The number of para-hydroxylation sites is 2. The van der Waals surface area contributed by atoms with Crippen molar-refractivity contribution in [2.45, 2.75) is 13.8 Å². The van der Waals surface area contributed by atoms with E-state index in [-0.39, 0.29) is 5.41 Å². The summed E-state index contributed by atoms with van der Waals surface area (Å²) in [6.45, 7) is 4.47. The van der Waals surface area contributed by atoms with Crippen molar-refractivity contribution in [3.05, 3.63) is 144 Å². The summed E-state index contributed by atoms with van der Waals surface area (Å²) in [4.78, 5) is 10.8. The van der Waals surface area contributed by atoms with Gasteiger partial charge in [-0.3, -0.25) is 4.57 Å². The molecule has 214 valence electrons. The van der Waals surface area contributed by atoms with Crippen LogP contribution in [0.25, 0.3) is 78.9 Å². The monoisotopic (exact) mass is 578 g/mol. The lowest BCUT2D eigenvalue weighted by atomic mass is 9.94. The second kappa shape index (κ2) is 9.63. The third kappa shape index (κ3) is 3.99. The highest BCUT2D eigenvalue weighted by Crippen LogP contribution is 2.38. The third-order valence-electron chi connectivity index (χ3n) is 8.99. The molecule has 0 saturated carbocycles. The molecule has 1 aliphatic carbocycles. The number of aromatic nitrogens is 4. The fourth-order valence-corrected chi connectivity index (χ4v) is 7.05. The first-order chi connectivity index (χ1) is 22.1. The summed E-state index contributed by atoms with van der Waals surface area (Å²) >= 11 is 0. The van der Waals surface area contributed by atoms with Crippen molar-refractivity contribution < 1.29 is 0 Å². The third-order valence-corrected chi connectivity index (χ3v) is 8.99. The van der Waals surface area contributed by atoms with Gasteiger partial charge in [0.05, 0.1) is 27.6 Å². The van der Waals surface area contributed by atoms with E-state index in [1.54, 1.807) is 0 Å². The van der Waals surface area contributed by atoms with Crippen LogP contribution in [0, 0.1) is 5.41 Å². The second-order valence-corrected chi connectivity index (χ2v) is 12.5. The highest BCUT2D eigenvalue weighted by Gasteiger charge is 2.24. The Labute approximate surface area is 260 Å². The maximum Gasteiger partial charge on any atom is 0.235 e. The van der Waals surface area contributed by atoms with Crippen LogP contribution in [0.15, 0.2) is 134 Å². The van der Waals surface area contributed by atoms with Crippen molar-refractivity contribution in [1.82, 2.24) is 19.1 Å². The molecule has 0 atom stereocenters. The zero-order valence-electron chi connectivity index (χ0n) is 25.1. The maximum atomic E-state index is 5.47. The van der Waals surface area contributed by atoms with Crippen LogP contribution in [0.1, 0.15) is 13.8 Å². The van der Waals surface area contributed by atoms with Crippen LogP contribution >= 0.6 is 0 Å². The standard InChI is InChI=1S/C41H30N4/c1-41(2)25-34-35(26-41)42-40(43-38(34)31-19-10-9-17-29(31)27-13-5-3-6-14-27)45-37-20-12-11-18-30(37)32-21-22-36-33(39(32)45)23-24-44(36)28-15-7-4-8-16-28/h3-26H,1-2H3. The summed E-state index contributed by atoms with van der Waals surface area (Å²) in [6.07, 6.45) is 6.75. The van der Waals surface area contributed by atoms with Crippen molar-refractivity contribution >= 4 is 44.9 Å². The van der Waals surface area contributed by atoms with E-state index in [1.807, 2.05) is 0 Å². The van der Waals surface area contributed by atoms with Crippen LogP contribution in [0.3, 0.4) is 0 Å². The molecular formula is C41H30N4. The molecule has 3 heterocycles. The average molecular weight is 579 g/mol. The normalized spacial score (nSPS) is 13.6. The van der Waals surface area contributed by atoms with Gasteiger partial charge in [0, 0.05) is 44.2 Å². The van der Waals surface area contributed by atoms with E-state index in [2.05, 4.69) is 169 Å². The second-order valence-electron chi connectivity index (χ2n) is 12.5. The summed E-state index contributed by atoms with van der Waals surface area (Å²) in [5.41, 5.74) is 8.75. The number of fused-ring (bicyclic) bond motifs is 6. The van der Waals surface area contributed by atoms with E-state index in [0.717, 1.165) is 49.6 Å². The lowest BCUT2D eigenvalue weighted by Crippen LogP contribution is -2.31. The Kier molecular flexibility index (Phi) is 5.51. The first kappa shape index (κ1) is 25.7. The highest BCUT2D eigenvalue weighted by atomic mass is 15.2. The van der Waals surface area contributed by atoms with Crippen LogP contribution in [0.2, 0.25) is 0 Å². The van der Waals surface area contributed by atoms with Crippen molar-refractivity contribution in [3.8, 4) is 34.0 Å². The lowest BCUT2D eigenvalue weighted by Gasteiger charge is -2.13. The van der Waals surface area contributed by atoms with Gasteiger partial charge in [-0.1, -0.05) is 117 Å². The number of nitrogens with zero attached hydrogens (tertiary/aromatic N) is 4. The molecule has 0 bridgehead atoms. The first-order valence-electron chi connectivity index (χ1n) is 15.4. The number of benzene rings is 5. The maximum absolute atomic E-state index is 5.47. The lowest BCUT2D eigenvalue weighted by molar-refractivity contribution is 0.723. The number of rotatable bonds is 4. The molecule has 45 heavy (non-hydrogen) atoms. The van der Waals surface area contributed by atoms with E-state index in [1.165, 1.54) is 21.7 Å². The zero-order valence-corrected chi connectivity index (χ0v) is 25.1. The molecule has 0 spiro atoms. The quantitative estimate of drug-likeness (QED) is 0.210. The molecular weight excluding hydrogens is 548 g/mol. The molecule has 3 aromatic heterocycles. The Bertz CT molecular complexity index is 2550. The van der Waals surface area contributed by atoms with Crippen molar-refractivity contribution in [2.24, 2.45) is 5.41 Å². The Morgan fingerprint density at radius 1 is 0.556 bits per heavy atom. The molecule has 1 aliphatic rings. The predicted molar refractivity (Wildman–Crippen MR) is 186 cm³/mol. The predicted octanol–water partition coefficient (Wildman–Crippen LogP) is 8.45. The average Bonchev–Trinajstić information content (AvgIpc) is 3.75. The van der Waals surface area contributed by atoms with Crippen molar-refractivity contribution in [3.63, 3.8) is 0 Å². The molecule has 0 radical (unpaired) electrons. The van der Waals surface area contributed by atoms with Crippen LogP contribution in [0.4, 0.5) is 0 Å². The van der Waals surface area contributed by atoms with Gasteiger partial charge in [0.15, 0.2) is 0 Å². The Morgan fingerprint density at radius 2 is 1.27 bits per heavy atom. The van der Waals surface area contributed by atoms with Crippen LogP contribution in [-0.4, -0.2) is 19.1 Å². The molecule has 0 saturated heterocycles. The highest BCUT2D eigenvalue weighted by molar-refractivity contribution is 6.18. The van der Waals surface area contributed by atoms with Gasteiger partial charge in [0.1, 0.15) is 0 Å². The van der Waals surface area contributed by atoms with E-state index in [9.17, 15) is 0 Å². The summed E-state index contributed by atoms with van der Waals surface area (Å²) < 4.78 is 4.53. The summed E-state index contributed by atoms with van der Waals surface area (Å²) in [6, 6.07) is 45.0. The first-order valence-corrected chi connectivity index (χ1v) is 15.4. The number of hydrogen-bond acceptors (Lipinski definition) is 2. The van der Waals surface area contributed by atoms with Gasteiger partial charge in [-0.05, 0) is 47.5 Å². The molecule has 0 aliphatic heterocycles. The van der Waals surface area contributed by atoms with Gasteiger partial charge in [-0.15, -0.1) is 0 Å². The zero-order chi connectivity index (χ0) is 30.1. The molecule has 8 aromatic rings. The minimum Gasteiger partial charge on any atom is -0.316 e. The van der Waals surface area contributed by atoms with Crippen LogP contribution < -0.4 is 10.6 Å². The fourth-order valence-electron chi connectivity index (χ4n) is 7.05. The molecule has 0 N–H and O–H groups in total. The summed E-state index contributed by atoms with van der Waals surface area (Å²) in [5.74, 6) is 0.681. The van der Waals surface area contributed by atoms with E-state index in [0.29, 0.717) is 5.95 Å². The molecule has 0 fully saturated rings. The van der Waals surface area contributed by atoms with E-state index < -0.39 is 0 Å². The van der Waals surface area contributed by atoms with Gasteiger partial charge in [-0.2, -0.15) is 0 Å². The van der Waals surface area contributed by atoms with E-state index >= 15 is 0 Å². The summed E-state index contributed by atoms with van der Waals surface area (Å²) in [5, 5.41) is 5.61. The van der Waals surface area contributed by atoms with Crippen LogP contribution in [-0.2, 0) is 0 Å². The largest absolute Gasteiger partial charge is 0.316 e. The molecule has 9 rings (SSSR count). The molecule has 5 aromatic carbocycles. The molecule has 4 nitrogen and oxygen atoms in total. The van der Waals surface area contributed by atoms with Gasteiger partial charge < -0.3 is 4.57 Å². The van der Waals surface area contributed by atoms with Crippen molar-refractivity contribution in [2.75, 3.05) is 0 Å². The molecule has 0 unspecified atom stereocenters. The molecule has 4 heteroatoms. The van der Waals surface area contributed by atoms with Gasteiger partial charge in [0.25, 0.3) is 0 Å². The Balaban J connectivity index is 1.39. The Hall–Kier alpha value is -5.74. The number of hydrogen-bond donors (Lipinski definition) is 0. The minimum atomic E-state index is -0.132. The minimum absolute atomic E-state index is 0.132. The van der Waals surface area contributed by atoms with Crippen molar-refractivity contribution in [1.29, 1.82) is 0 Å². The van der Waals surface area contributed by atoms with Gasteiger partial charge in [-0.25, -0.2) is 9.97 Å². The van der Waals surface area contributed by atoms with Crippen LogP contribution in [0.5, 0.6) is 0 Å². The van der Waals surface area contributed by atoms with Gasteiger partial charge >= 0.3 is 0 Å². The SMILES string of the molecule is CC1(C)C=c2nc(-n3c4ccccc4c4ccc5c(ccn5-c5ccccc5)c43)nc(-c3ccccc3-c3ccccc3)c2=C1.